The number of hydrogen-bond acceptors (Lipinski definition) is 5. The largest absolute Gasteiger partial charge is 0.378 e. The van der Waals surface area contributed by atoms with Crippen LogP contribution in [0.25, 0.3) is 11.1 Å². The first-order chi connectivity index (χ1) is 14.4. The molecule has 160 valence electrons. The second-order valence-corrected chi connectivity index (χ2v) is 9.64. The fraction of sp³-hybridized carbons (Fsp3) is 0.409. The number of rotatable bonds is 5. The maximum atomic E-state index is 12.9. The summed E-state index contributed by atoms with van der Waals surface area (Å²) in [7, 11) is -3.62. The van der Waals surface area contributed by atoms with Gasteiger partial charge in [-0.05, 0) is 48.2 Å². The van der Waals surface area contributed by atoms with Gasteiger partial charge in [-0.2, -0.15) is 0 Å². The molecule has 2 aromatic rings. The Morgan fingerprint density at radius 1 is 1.03 bits per heavy atom. The highest BCUT2D eigenvalue weighted by atomic mass is 32.2. The smallest absolute Gasteiger partial charge is 0.240 e. The Bertz CT molecular complexity index is 997. The van der Waals surface area contributed by atoms with Crippen molar-refractivity contribution in [3.63, 3.8) is 0 Å². The third-order valence-corrected chi connectivity index (χ3v) is 7.12. The van der Waals surface area contributed by atoms with Crippen LogP contribution in [0.3, 0.4) is 0 Å². The Balaban J connectivity index is 1.44. The summed E-state index contributed by atoms with van der Waals surface area (Å²) in [5.41, 5.74) is 2.21. The number of sulfonamides is 1. The summed E-state index contributed by atoms with van der Waals surface area (Å²) in [6.45, 7) is 3.18. The maximum absolute atomic E-state index is 12.9. The molecule has 0 bridgehead atoms. The van der Waals surface area contributed by atoms with E-state index in [-0.39, 0.29) is 22.4 Å². The molecule has 4 rings (SSSR count). The van der Waals surface area contributed by atoms with Crippen LogP contribution in [-0.4, -0.2) is 45.8 Å². The second kappa shape index (κ2) is 8.47. The summed E-state index contributed by atoms with van der Waals surface area (Å²) in [6, 6.07) is 14.1. The van der Waals surface area contributed by atoms with Gasteiger partial charge in [-0.25, -0.2) is 13.1 Å². The number of benzene rings is 2. The van der Waals surface area contributed by atoms with Gasteiger partial charge in [-0.15, -0.1) is 0 Å². The highest BCUT2D eigenvalue weighted by Crippen LogP contribution is 2.33. The van der Waals surface area contributed by atoms with Crippen molar-refractivity contribution in [3.05, 3.63) is 48.5 Å². The molecule has 8 heteroatoms. The highest BCUT2D eigenvalue weighted by molar-refractivity contribution is 7.89. The minimum absolute atomic E-state index is 0.124. The van der Waals surface area contributed by atoms with E-state index in [9.17, 15) is 13.2 Å². The van der Waals surface area contributed by atoms with Gasteiger partial charge in [0.1, 0.15) is 0 Å². The molecule has 2 aliphatic rings. The minimum atomic E-state index is -3.62. The summed E-state index contributed by atoms with van der Waals surface area (Å²) in [4.78, 5) is 11.4. The van der Waals surface area contributed by atoms with Crippen LogP contribution in [0, 0.1) is 0 Å². The van der Waals surface area contributed by atoms with Crippen molar-refractivity contribution in [1.82, 2.24) is 4.72 Å². The number of anilines is 1. The van der Waals surface area contributed by atoms with Gasteiger partial charge in [-0.3, -0.25) is 4.79 Å². The molecule has 0 saturated carbocycles. The third-order valence-electron chi connectivity index (χ3n) is 5.59. The minimum Gasteiger partial charge on any atom is -0.378 e. The predicted octanol–water partition coefficient (Wildman–Crippen LogP) is 2.93. The summed E-state index contributed by atoms with van der Waals surface area (Å²) in [5.74, 6) is -0.124. The number of carbonyl (C=O) groups is 1. The van der Waals surface area contributed by atoms with Crippen LogP contribution in [0.2, 0.25) is 0 Å². The van der Waals surface area contributed by atoms with E-state index in [4.69, 9.17) is 9.47 Å². The molecule has 0 aliphatic carbocycles. The molecule has 2 aromatic carbocycles. The monoisotopic (exact) mass is 430 g/mol. The van der Waals surface area contributed by atoms with Crippen molar-refractivity contribution in [1.29, 1.82) is 0 Å². The average Bonchev–Trinajstić information content (AvgIpc) is 3.15. The molecular weight excluding hydrogens is 404 g/mol. The number of nitrogens with one attached hydrogen (secondary N) is 2. The first kappa shape index (κ1) is 21.0. The van der Waals surface area contributed by atoms with Crippen LogP contribution in [0.4, 0.5) is 5.69 Å². The second-order valence-electron chi connectivity index (χ2n) is 7.93. The van der Waals surface area contributed by atoms with Gasteiger partial charge >= 0.3 is 0 Å². The molecular formula is C22H26N2O5S. The van der Waals surface area contributed by atoms with Gasteiger partial charge in [-0.1, -0.05) is 24.3 Å². The number of ether oxygens (including phenoxy) is 2. The Morgan fingerprint density at radius 2 is 1.70 bits per heavy atom. The number of carbonyl (C=O) groups excluding carboxylic acids is 1. The molecule has 0 radical (unpaired) electrons. The molecule has 2 heterocycles. The van der Waals surface area contributed by atoms with Gasteiger partial charge in [0.15, 0.2) is 0 Å². The van der Waals surface area contributed by atoms with E-state index in [1.54, 1.807) is 24.3 Å². The maximum Gasteiger partial charge on any atom is 0.240 e. The van der Waals surface area contributed by atoms with E-state index in [1.165, 1.54) is 6.92 Å². The van der Waals surface area contributed by atoms with E-state index in [1.807, 2.05) is 24.3 Å². The molecule has 2 unspecified atom stereocenters. The first-order valence-electron chi connectivity index (χ1n) is 10.1. The van der Waals surface area contributed by atoms with E-state index in [0.717, 1.165) is 23.2 Å². The summed E-state index contributed by atoms with van der Waals surface area (Å²) >= 11 is 0. The van der Waals surface area contributed by atoms with Crippen molar-refractivity contribution < 1.29 is 22.7 Å². The van der Waals surface area contributed by atoms with Crippen LogP contribution < -0.4 is 10.0 Å². The van der Waals surface area contributed by atoms with Gasteiger partial charge in [0.05, 0.1) is 17.1 Å². The van der Waals surface area contributed by atoms with Gasteiger partial charge < -0.3 is 14.8 Å². The normalized spacial score (nSPS) is 24.1. The van der Waals surface area contributed by atoms with E-state index in [0.29, 0.717) is 32.7 Å². The summed E-state index contributed by atoms with van der Waals surface area (Å²) in [5, 5.41) is 2.73. The fourth-order valence-corrected chi connectivity index (χ4v) is 5.33. The van der Waals surface area contributed by atoms with Gasteiger partial charge in [0, 0.05) is 38.3 Å². The highest BCUT2D eigenvalue weighted by Gasteiger charge is 2.42. The SMILES string of the molecule is CC(=O)Nc1ccc(-c2ccc(S(=O)(=O)NC3CCOC4(CCOC4)C3)cc2)cc1. The Kier molecular flexibility index (Phi) is 5.92. The van der Waals surface area contributed by atoms with E-state index >= 15 is 0 Å². The standard InChI is InChI=1S/C22H26N2O5S/c1-16(25)23-19-6-2-17(3-7-19)18-4-8-21(9-5-18)30(26,27)24-20-10-12-29-22(14-20)11-13-28-15-22/h2-9,20,24H,10-15H2,1H3,(H,23,25). The molecule has 2 fully saturated rings. The third kappa shape index (κ3) is 4.73. The lowest BCUT2D eigenvalue weighted by molar-refractivity contribution is -0.114. The first-order valence-corrected chi connectivity index (χ1v) is 11.6. The lowest BCUT2D eigenvalue weighted by Crippen LogP contribution is -2.48. The van der Waals surface area contributed by atoms with Crippen molar-refractivity contribution in [3.8, 4) is 11.1 Å². The number of amides is 1. The lowest BCUT2D eigenvalue weighted by atomic mass is 9.90. The van der Waals surface area contributed by atoms with Crippen molar-refractivity contribution in [2.75, 3.05) is 25.1 Å². The molecule has 7 nitrogen and oxygen atoms in total. The summed E-state index contributed by atoms with van der Waals surface area (Å²) < 4.78 is 39.9. The van der Waals surface area contributed by atoms with Crippen LogP contribution in [-0.2, 0) is 24.3 Å². The molecule has 1 amide bonds. The van der Waals surface area contributed by atoms with Gasteiger partial charge in [0.2, 0.25) is 15.9 Å². The fourth-order valence-electron chi connectivity index (χ4n) is 4.05. The van der Waals surface area contributed by atoms with E-state index < -0.39 is 10.0 Å². The van der Waals surface area contributed by atoms with Crippen molar-refractivity contribution in [2.45, 2.75) is 42.7 Å². The Morgan fingerprint density at radius 3 is 2.30 bits per heavy atom. The van der Waals surface area contributed by atoms with E-state index in [2.05, 4.69) is 10.0 Å². The Hall–Kier alpha value is -2.26. The molecule has 2 atom stereocenters. The molecule has 2 aliphatic heterocycles. The quantitative estimate of drug-likeness (QED) is 0.761. The molecule has 30 heavy (non-hydrogen) atoms. The van der Waals surface area contributed by atoms with Crippen molar-refractivity contribution >= 4 is 21.6 Å². The van der Waals surface area contributed by atoms with Crippen LogP contribution >= 0.6 is 0 Å². The van der Waals surface area contributed by atoms with Crippen LogP contribution in [0.5, 0.6) is 0 Å². The predicted molar refractivity (Wildman–Crippen MR) is 114 cm³/mol. The molecule has 1 spiro atoms. The molecule has 2 saturated heterocycles. The molecule has 2 N–H and O–H groups in total. The topological polar surface area (TPSA) is 93.7 Å². The van der Waals surface area contributed by atoms with Crippen LogP contribution in [0.15, 0.2) is 53.4 Å². The number of hydrogen-bond donors (Lipinski definition) is 2. The molecule has 0 aromatic heterocycles. The average molecular weight is 431 g/mol. The zero-order chi connectivity index (χ0) is 21.2. The lowest BCUT2D eigenvalue weighted by Gasteiger charge is -2.37. The zero-order valence-electron chi connectivity index (χ0n) is 16.9. The zero-order valence-corrected chi connectivity index (χ0v) is 17.7. The van der Waals surface area contributed by atoms with Crippen molar-refractivity contribution in [2.24, 2.45) is 0 Å². The van der Waals surface area contributed by atoms with Gasteiger partial charge in [0.25, 0.3) is 0 Å². The summed E-state index contributed by atoms with van der Waals surface area (Å²) in [6.07, 6.45) is 2.09. The Labute approximate surface area is 176 Å². The van der Waals surface area contributed by atoms with Crippen LogP contribution in [0.1, 0.15) is 26.2 Å².